The lowest BCUT2D eigenvalue weighted by Crippen LogP contribution is -2.39. The first kappa shape index (κ1) is 23.0. The van der Waals surface area contributed by atoms with Crippen molar-refractivity contribution in [3.05, 3.63) is 64.9 Å². The van der Waals surface area contributed by atoms with E-state index in [2.05, 4.69) is 10.2 Å². The molecular formula is C26H31N3O4. The van der Waals surface area contributed by atoms with Gasteiger partial charge in [0.05, 0.1) is 25.9 Å². The zero-order valence-electron chi connectivity index (χ0n) is 19.5. The summed E-state index contributed by atoms with van der Waals surface area (Å²) in [6.45, 7) is 8.43. The number of hydrogen-bond acceptors (Lipinski definition) is 6. The van der Waals surface area contributed by atoms with Crippen LogP contribution in [-0.4, -0.2) is 68.1 Å². The number of ether oxygens (including phenoxy) is 2. The second-order valence-corrected chi connectivity index (χ2v) is 8.49. The molecule has 0 radical (unpaired) electrons. The minimum Gasteiger partial charge on any atom is -0.497 e. The fraction of sp³-hybridized carbons (Fsp3) is 0.385. The van der Waals surface area contributed by atoms with Gasteiger partial charge in [-0.3, -0.25) is 19.4 Å². The van der Waals surface area contributed by atoms with Crippen molar-refractivity contribution in [1.82, 2.24) is 9.80 Å². The van der Waals surface area contributed by atoms with Gasteiger partial charge in [-0.15, -0.1) is 0 Å². The van der Waals surface area contributed by atoms with E-state index in [1.54, 1.807) is 7.11 Å². The van der Waals surface area contributed by atoms with Gasteiger partial charge in [0.15, 0.2) is 0 Å². The summed E-state index contributed by atoms with van der Waals surface area (Å²) in [6.07, 6.45) is 0.726. The molecule has 0 unspecified atom stereocenters. The number of carbonyl (C=O) groups is 2. The number of methoxy groups -OCH3 is 1. The van der Waals surface area contributed by atoms with Crippen LogP contribution in [-0.2, 0) is 14.3 Å². The summed E-state index contributed by atoms with van der Waals surface area (Å²) >= 11 is 0. The largest absolute Gasteiger partial charge is 0.497 e. The maximum Gasteiger partial charge on any atom is 0.278 e. The van der Waals surface area contributed by atoms with Gasteiger partial charge in [-0.2, -0.15) is 0 Å². The minimum absolute atomic E-state index is 0.251. The Morgan fingerprint density at radius 1 is 1.00 bits per heavy atom. The molecule has 2 aliphatic heterocycles. The van der Waals surface area contributed by atoms with Gasteiger partial charge >= 0.3 is 0 Å². The Balaban J connectivity index is 1.60. The molecule has 0 saturated carbocycles. The highest BCUT2D eigenvalue weighted by Gasteiger charge is 2.39. The van der Waals surface area contributed by atoms with Crippen LogP contribution < -0.4 is 10.1 Å². The molecular weight excluding hydrogens is 418 g/mol. The van der Waals surface area contributed by atoms with Crippen molar-refractivity contribution in [3.63, 3.8) is 0 Å². The van der Waals surface area contributed by atoms with Crippen molar-refractivity contribution in [1.29, 1.82) is 0 Å². The maximum absolute atomic E-state index is 13.5. The monoisotopic (exact) mass is 449 g/mol. The molecule has 1 fully saturated rings. The summed E-state index contributed by atoms with van der Waals surface area (Å²) in [5.74, 6) is 0.131. The van der Waals surface area contributed by atoms with Crippen molar-refractivity contribution < 1.29 is 19.1 Å². The first-order chi connectivity index (χ1) is 16.0. The van der Waals surface area contributed by atoms with Crippen LogP contribution in [0, 0.1) is 13.8 Å². The zero-order chi connectivity index (χ0) is 23.4. The molecule has 33 heavy (non-hydrogen) atoms. The van der Waals surface area contributed by atoms with Crippen LogP contribution in [0.1, 0.15) is 23.1 Å². The van der Waals surface area contributed by atoms with Gasteiger partial charge < -0.3 is 14.8 Å². The Kier molecular flexibility index (Phi) is 7.11. The lowest BCUT2D eigenvalue weighted by Gasteiger charge is -2.27. The van der Waals surface area contributed by atoms with E-state index in [1.165, 1.54) is 4.90 Å². The van der Waals surface area contributed by atoms with Crippen molar-refractivity contribution in [2.45, 2.75) is 20.3 Å². The van der Waals surface area contributed by atoms with Crippen LogP contribution in [0.4, 0.5) is 5.69 Å². The number of carbonyl (C=O) groups excluding carboxylic acids is 2. The summed E-state index contributed by atoms with van der Waals surface area (Å²) in [5.41, 5.74) is 4.28. The van der Waals surface area contributed by atoms with Crippen molar-refractivity contribution >= 4 is 23.1 Å². The fourth-order valence-corrected chi connectivity index (χ4v) is 4.36. The minimum atomic E-state index is -0.292. The van der Waals surface area contributed by atoms with Gasteiger partial charge in [0.2, 0.25) is 0 Å². The molecule has 2 aromatic carbocycles. The number of anilines is 1. The molecule has 4 rings (SSSR count). The first-order valence-electron chi connectivity index (χ1n) is 11.4. The van der Waals surface area contributed by atoms with Gasteiger partial charge in [0.25, 0.3) is 11.8 Å². The Morgan fingerprint density at radius 2 is 1.79 bits per heavy atom. The number of nitrogens with one attached hydrogen (secondary N) is 1. The Hall–Kier alpha value is -3.16. The topological polar surface area (TPSA) is 71.1 Å². The van der Waals surface area contributed by atoms with E-state index in [-0.39, 0.29) is 11.8 Å². The molecule has 7 heteroatoms. The lowest BCUT2D eigenvalue weighted by molar-refractivity contribution is -0.136. The van der Waals surface area contributed by atoms with E-state index >= 15 is 0 Å². The van der Waals surface area contributed by atoms with Crippen LogP contribution in [0.15, 0.2) is 48.2 Å². The quantitative estimate of drug-likeness (QED) is 0.624. The van der Waals surface area contributed by atoms with E-state index in [9.17, 15) is 9.59 Å². The van der Waals surface area contributed by atoms with Crippen LogP contribution in [0.3, 0.4) is 0 Å². The highest BCUT2D eigenvalue weighted by atomic mass is 16.5. The summed E-state index contributed by atoms with van der Waals surface area (Å²) < 4.78 is 10.7. The Bertz CT molecular complexity index is 1070. The summed E-state index contributed by atoms with van der Waals surface area (Å²) in [6, 6.07) is 13.3. The van der Waals surface area contributed by atoms with Gasteiger partial charge in [0, 0.05) is 37.9 Å². The predicted octanol–water partition coefficient (Wildman–Crippen LogP) is 3.23. The van der Waals surface area contributed by atoms with Crippen LogP contribution in [0.25, 0.3) is 5.57 Å². The number of imide groups is 1. The number of aryl methyl sites for hydroxylation is 2. The van der Waals surface area contributed by atoms with Crippen LogP contribution >= 0.6 is 0 Å². The molecule has 7 nitrogen and oxygen atoms in total. The average Bonchev–Trinajstić information content (AvgIpc) is 3.04. The predicted molar refractivity (Wildman–Crippen MR) is 128 cm³/mol. The Morgan fingerprint density at radius 3 is 2.52 bits per heavy atom. The molecule has 2 aliphatic rings. The molecule has 2 amide bonds. The van der Waals surface area contributed by atoms with E-state index in [0.29, 0.717) is 29.3 Å². The molecule has 1 saturated heterocycles. The number of benzene rings is 2. The normalized spacial score (nSPS) is 17.1. The van der Waals surface area contributed by atoms with E-state index in [0.717, 1.165) is 56.0 Å². The molecule has 0 atom stereocenters. The second-order valence-electron chi connectivity index (χ2n) is 8.49. The maximum atomic E-state index is 13.5. The highest BCUT2D eigenvalue weighted by Crippen LogP contribution is 2.33. The van der Waals surface area contributed by atoms with Crippen LogP contribution in [0.2, 0.25) is 0 Å². The molecule has 174 valence electrons. The van der Waals surface area contributed by atoms with E-state index in [1.807, 2.05) is 56.3 Å². The van der Waals surface area contributed by atoms with Gasteiger partial charge in [-0.25, -0.2) is 0 Å². The number of nitrogens with zero attached hydrogens (tertiary/aromatic N) is 2. The number of morpholine rings is 1. The number of hydrogen-bond donors (Lipinski definition) is 1. The molecule has 2 heterocycles. The molecule has 0 aliphatic carbocycles. The third-order valence-corrected chi connectivity index (χ3v) is 6.12. The smallest absolute Gasteiger partial charge is 0.278 e. The van der Waals surface area contributed by atoms with E-state index in [4.69, 9.17) is 9.47 Å². The molecule has 0 bridgehead atoms. The molecule has 0 spiro atoms. The standard InChI is InChI=1S/C26H31N3O4/c1-18-8-9-22(19(2)16-18)23-24(27-20-6-4-7-21(17-20)32-3)26(31)29(25(23)30)11-5-10-28-12-14-33-15-13-28/h4,6-9,16-17,27H,5,10-15H2,1-3H3. The van der Waals surface area contributed by atoms with Gasteiger partial charge in [-0.1, -0.05) is 29.8 Å². The highest BCUT2D eigenvalue weighted by molar-refractivity contribution is 6.36. The van der Waals surface area contributed by atoms with E-state index < -0.39 is 0 Å². The second kappa shape index (κ2) is 10.2. The average molecular weight is 450 g/mol. The summed E-state index contributed by atoms with van der Waals surface area (Å²) in [4.78, 5) is 30.6. The fourth-order valence-electron chi connectivity index (χ4n) is 4.36. The van der Waals surface area contributed by atoms with Crippen LogP contribution in [0.5, 0.6) is 5.75 Å². The first-order valence-corrected chi connectivity index (χ1v) is 11.4. The summed E-state index contributed by atoms with van der Waals surface area (Å²) in [7, 11) is 1.60. The Labute approximate surface area is 195 Å². The van der Waals surface area contributed by atoms with Crippen molar-refractivity contribution in [2.75, 3.05) is 51.8 Å². The molecule has 2 aromatic rings. The third-order valence-electron chi connectivity index (χ3n) is 6.12. The van der Waals surface area contributed by atoms with Crippen molar-refractivity contribution in [2.24, 2.45) is 0 Å². The molecule has 1 N–H and O–H groups in total. The zero-order valence-corrected chi connectivity index (χ0v) is 19.5. The third kappa shape index (κ3) is 5.10. The lowest BCUT2D eigenvalue weighted by atomic mass is 9.97. The van der Waals surface area contributed by atoms with Crippen molar-refractivity contribution in [3.8, 4) is 5.75 Å². The number of rotatable bonds is 8. The number of amides is 2. The van der Waals surface area contributed by atoms with Gasteiger partial charge in [0.1, 0.15) is 11.4 Å². The summed E-state index contributed by atoms with van der Waals surface area (Å²) in [5, 5.41) is 3.22. The molecule has 0 aromatic heterocycles. The SMILES string of the molecule is COc1cccc(NC2=C(c3ccc(C)cc3C)C(=O)N(CCCN3CCOCC3)C2=O)c1. The van der Waals surface area contributed by atoms with Gasteiger partial charge in [-0.05, 0) is 43.5 Å².